The molecule has 1 heterocycles. The first-order valence-corrected chi connectivity index (χ1v) is 6.82. The van der Waals surface area contributed by atoms with Crippen molar-refractivity contribution >= 4 is 32.6 Å². The molecule has 0 unspecified atom stereocenters. The Balaban J connectivity index is 2.20. The van der Waals surface area contributed by atoms with Crippen LogP contribution in [0.15, 0.2) is 62.2 Å². The van der Waals surface area contributed by atoms with E-state index in [1.165, 1.54) is 24.3 Å². The van der Waals surface area contributed by atoms with Crippen molar-refractivity contribution in [1.29, 1.82) is 0 Å². The number of fused-ring (bicyclic) bond motifs is 1. The number of nitro benzene ring substituents is 1. The first-order valence-electron chi connectivity index (χ1n) is 6.03. The van der Waals surface area contributed by atoms with Gasteiger partial charge >= 0.3 is 0 Å². The molecule has 6 heteroatoms. The quantitative estimate of drug-likeness (QED) is 0.517. The minimum Gasteiger partial charge on any atom is -0.456 e. The number of non-ortho nitro benzene ring substituents is 1. The van der Waals surface area contributed by atoms with E-state index in [9.17, 15) is 14.9 Å². The summed E-state index contributed by atoms with van der Waals surface area (Å²) in [5, 5.41) is 10.9. The predicted molar refractivity (Wildman–Crippen MR) is 82.3 cm³/mol. The maximum atomic E-state index is 12.1. The van der Waals surface area contributed by atoms with Crippen LogP contribution in [-0.2, 0) is 0 Å². The Morgan fingerprint density at radius 2 is 1.76 bits per heavy atom. The monoisotopic (exact) mass is 345 g/mol. The molecule has 3 rings (SSSR count). The first kappa shape index (κ1) is 13.5. The SMILES string of the molecule is O=c1cc(-c2ccc(Br)cc2)oc2ccc([N+](=O)[O-])cc12. The van der Waals surface area contributed by atoms with Gasteiger partial charge in [0.15, 0.2) is 5.43 Å². The van der Waals surface area contributed by atoms with Crippen LogP contribution in [0, 0.1) is 10.1 Å². The third-order valence-corrected chi connectivity index (χ3v) is 3.58. The summed E-state index contributed by atoms with van der Waals surface area (Å²) in [4.78, 5) is 22.3. The van der Waals surface area contributed by atoms with Crippen LogP contribution in [0.25, 0.3) is 22.3 Å². The largest absolute Gasteiger partial charge is 0.456 e. The molecule has 0 aliphatic rings. The third kappa shape index (κ3) is 2.57. The molecular formula is C15H8BrNO4. The third-order valence-electron chi connectivity index (χ3n) is 3.05. The summed E-state index contributed by atoms with van der Waals surface area (Å²) in [5.41, 5.74) is 0.644. The summed E-state index contributed by atoms with van der Waals surface area (Å²) in [6, 6.07) is 12.7. The van der Waals surface area contributed by atoms with Crippen molar-refractivity contribution in [3.05, 3.63) is 73.3 Å². The van der Waals surface area contributed by atoms with Crippen LogP contribution in [0.5, 0.6) is 0 Å². The summed E-state index contributed by atoms with van der Waals surface area (Å²) in [5.74, 6) is 0.425. The van der Waals surface area contributed by atoms with Gasteiger partial charge in [0.05, 0.1) is 10.3 Å². The smallest absolute Gasteiger partial charge is 0.270 e. The van der Waals surface area contributed by atoms with E-state index in [2.05, 4.69) is 15.9 Å². The van der Waals surface area contributed by atoms with Crippen LogP contribution in [0.2, 0.25) is 0 Å². The van der Waals surface area contributed by atoms with E-state index < -0.39 is 4.92 Å². The summed E-state index contributed by atoms with van der Waals surface area (Å²) >= 11 is 3.34. The number of nitro groups is 1. The number of benzene rings is 2. The molecular weight excluding hydrogens is 338 g/mol. The summed E-state index contributed by atoms with van der Waals surface area (Å²) in [6.45, 7) is 0. The molecule has 104 valence electrons. The van der Waals surface area contributed by atoms with Crippen LogP contribution in [0.3, 0.4) is 0 Å². The van der Waals surface area contributed by atoms with Crippen LogP contribution < -0.4 is 5.43 Å². The standard InChI is InChI=1S/C15H8BrNO4/c16-10-3-1-9(2-4-10)15-8-13(18)12-7-11(17(19)20)5-6-14(12)21-15/h1-8H. The fourth-order valence-corrected chi connectivity index (χ4v) is 2.28. The molecule has 1 aromatic heterocycles. The molecule has 3 aromatic rings. The Kier molecular flexibility index (Phi) is 3.31. The summed E-state index contributed by atoms with van der Waals surface area (Å²) in [6.07, 6.45) is 0. The minimum atomic E-state index is -0.540. The van der Waals surface area contributed by atoms with E-state index in [-0.39, 0.29) is 16.5 Å². The lowest BCUT2D eigenvalue weighted by molar-refractivity contribution is -0.384. The van der Waals surface area contributed by atoms with Gasteiger partial charge in [0.25, 0.3) is 5.69 Å². The van der Waals surface area contributed by atoms with Crippen LogP contribution >= 0.6 is 15.9 Å². The summed E-state index contributed by atoms with van der Waals surface area (Å²) in [7, 11) is 0. The number of hydrogen-bond donors (Lipinski definition) is 0. The van der Waals surface area contributed by atoms with Gasteiger partial charge in [-0.15, -0.1) is 0 Å². The van der Waals surface area contributed by atoms with E-state index in [4.69, 9.17) is 4.42 Å². The van der Waals surface area contributed by atoms with Gasteiger partial charge in [0.1, 0.15) is 11.3 Å². The molecule has 0 amide bonds. The Labute approximate surface area is 127 Å². The number of rotatable bonds is 2. The Morgan fingerprint density at radius 1 is 1.05 bits per heavy atom. The van der Waals surface area contributed by atoms with Crippen molar-refractivity contribution in [3.63, 3.8) is 0 Å². The second-order valence-electron chi connectivity index (χ2n) is 4.42. The molecule has 0 atom stereocenters. The van der Waals surface area contributed by atoms with E-state index >= 15 is 0 Å². The van der Waals surface area contributed by atoms with Gasteiger partial charge in [-0.1, -0.05) is 28.1 Å². The van der Waals surface area contributed by atoms with Crippen LogP contribution in [-0.4, -0.2) is 4.92 Å². The normalized spacial score (nSPS) is 10.7. The number of nitrogens with zero attached hydrogens (tertiary/aromatic N) is 1. The molecule has 0 bridgehead atoms. The Hall–Kier alpha value is -2.47. The van der Waals surface area contributed by atoms with Crippen molar-refractivity contribution < 1.29 is 9.34 Å². The molecule has 0 spiro atoms. The van der Waals surface area contributed by atoms with Gasteiger partial charge in [-0.2, -0.15) is 0 Å². The Morgan fingerprint density at radius 3 is 2.43 bits per heavy atom. The highest BCUT2D eigenvalue weighted by atomic mass is 79.9. The zero-order chi connectivity index (χ0) is 15.0. The minimum absolute atomic E-state index is 0.133. The topological polar surface area (TPSA) is 73.3 Å². The maximum absolute atomic E-state index is 12.1. The number of hydrogen-bond acceptors (Lipinski definition) is 4. The van der Waals surface area contributed by atoms with Crippen molar-refractivity contribution in [1.82, 2.24) is 0 Å². The number of halogens is 1. The molecule has 21 heavy (non-hydrogen) atoms. The second-order valence-corrected chi connectivity index (χ2v) is 5.34. The lowest BCUT2D eigenvalue weighted by Gasteiger charge is -2.03. The van der Waals surface area contributed by atoms with E-state index in [1.807, 2.05) is 24.3 Å². The molecule has 0 aliphatic heterocycles. The highest BCUT2D eigenvalue weighted by Crippen LogP contribution is 2.25. The molecule has 0 saturated carbocycles. The van der Waals surface area contributed by atoms with Gasteiger partial charge in [0.2, 0.25) is 0 Å². The van der Waals surface area contributed by atoms with E-state index in [0.717, 1.165) is 10.0 Å². The van der Waals surface area contributed by atoms with E-state index in [0.29, 0.717) is 11.3 Å². The van der Waals surface area contributed by atoms with Crippen molar-refractivity contribution in [2.45, 2.75) is 0 Å². The van der Waals surface area contributed by atoms with Gasteiger partial charge in [-0.05, 0) is 18.2 Å². The lowest BCUT2D eigenvalue weighted by Crippen LogP contribution is -2.01. The van der Waals surface area contributed by atoms with Gasteiger partial charge in [-0.3, -0.25) is 14.9 Å². The first-order chi connectivity index (χ1) is 10.0. The highest BCUT2D eigenvalue weighted by Gasteiger charge is 2.11. The van der Waals surface area contributed by atoms with Crippen molar-refractivity contribution in [2.75, 3.05) is 0 Å². The average Bonchev–Trinajstić information content (AvgIpc) is 2.47. The zero-order valence-electron chi connectivity index (χ0n) is 10.6. The molecule has 0 saturated heterocycles. The zero-order valence-corrected chi connectivity index (χ0v) is 12.2. The van der Waals surface area contributed by atoms with Crippen LogP contribution in [0.4, 0.5) is 5.69 Å². The van der Waals surface area contributed by atoms with E-state index in [1.54, 1.807) is 0 Å². The Bertz CT molecular complexity index is 900. The van der Waals surface area contributed by atoms with Gasteiger partial charge < -0.3 is 4.42 Å². The van der Waals surface area contributed by atoms with Crippen molar-refractivity contribution in [2.24, 2.45) is 0 Å². The fraction of sp³-hybridized carbons (Fsp3) is 0. The fourth-order valence-electron chi connectivity index (χ4n) is 2.01. The molecule has 5 nitrogen and oxygen atoms in total. The molecule has 0 aliphatic carbocycles. The van der Waals surface area contributed by atoms with Crippen LogP contribution in [0.1, 0.15) is 0 Å². The van der Waals surface area contributed by atoms with Gasteiger partial charge in [-0.25, -0.2) is 0 Å². The predicted octanol–water partition coefficient (Wildman–Crippen LogP) is 4.13. The van der Waals surface area contributed by atoms with Crippen molar-refractivity contribution in [3.8, 4) is 11.3 Å². The van der Waals surface area contributed by atoms with Gasteiger partial charge in [0, 0.05) is 28.2 Å². The average molecular weight is 346 g/mol. The molecule has 0 fully saturated rings. The maximum Gasteiger partial charge on any atom is 0.270 e. The molecule has 2 aromatic carbocycles. The lowest BCUT2D eigenvalue weighted by atomic mass is 10.1. The summed E-state index contributed by atoms with van der Waals surface area (Å²) < 4.78 is 6.59. The molecule has 0 radical (unpaired) electrons. The second kappa shape index (κ2) is 5.14. The molecule has 0 N–H and O–H groups in total. The highest BCUT2D eigenvalue weighted by molar-refractivity contribution is 9.10.